The predicted octanol–water partition coefficient (Wildman–Crippen LogP) is 1.14. The number of piperidine rings is 1. The molecule has 0 radical (unpaired) electrons. The first kappa shape index (κ1) is 9.76. The molecule has 0 aromatic heterocycles. The molecule has 0 aromatic rings. The topological polar surface area (TPSA) is 29.5 Å². The second-order valence-corrected chi connectivity index (χ2v) is 3.74. The molecule has 0 N–H and O–H groups in total. The van der Waals surface area contributed by atoms with Crippen molar-refractivity contribution in [3.63, 3.8) is 0 Å². The van der Waals surface area contributed by atoms with Crippen LogP contribution in [0.4, 0.5) is 13.2 Å². The van der Waals surface area contributed by atoms with Crippen molar-refractivity contribution >= 4 is 5.97 Å². The summed E-state index contributed by atoms with van der Waals surface area (Å²) >= 11 is 0. The molecule has 2 aliphatic rings. The summed E-state index contributed by atoms with van der Waals surface area (Å²) in [7, 11) is 0. The van der Waals surface area contributed by atoms with E-state index in [0.717, 1.165) is 19.5 Å². The molecule has 2 saturated heterocycles. The average molecular weight is 209 g/mol. The largest absolute Gasteiger partial charge is 0.490 e. The molecular formula is C8H10F3NO2. The molecule has 3 atom stereocenters. The van der Waals surface area contributed by atoms with Gasteiger partial charge in [-0.25, -0.2) is 4.79 Å². The standard InChI is InChI=1S/C8H10F3NO2/c9-8(10,11)7(13)14-6-3-5-1-2-12(6)4-5/h5-6H,1-4H2. The maximum atomic E-state index is 11.9. The summed E-state index contributed by atoms with van der Waals surface area (Å²) in [6, 6.07) is 0. The van der Waals surface area contributed by atoms with Crippen LogP contribution in [0.15, 0.2) is 0 Å². The molecular weight excluding hydrogens is 199 g/mol. The summed E-state index contributed by atoms with van der Waals surface area (Å²) < 4.78 is 39.9. The van der Waals surface area contributed by atoms with Gasteiger partial charge in [-0.2, -0.15) is 13.2 Å². The van der Waals surface area contributed by atoms with Crippen molar-refractivity contribution in [1.29, 1.82) is 0 Å². The third-order valence-electron chi connectivity index (χ3n) is 2.73. The van der Waals surface area contributed by atoms with Crippen LogP contribution < -0.4 is 0 Å². The van der Waals surface area contributed by atoms with Gasteiger partial charge in [0.25, 0.3) is 0 Å². The molecule has 3 unspecified atom stereocenters. The number of rotatable bonds is 1. The summed E-state index contributed by atoms with van der Waals surface area (Å²) in [4.78, 5) is 12.3. The van der Waals surface area contributed by atoms with E-state index in [0.29, 0.717) is 12.3 Å². The number of fused-ring (bicyclic) bond motifs is 2. The number of nitrogens with zero attached hydrogens (tertiary/aromatic N) is 1. The Balaban J connectivity index is 1.90. The van der Waals surface area contributed by atoms with Crippen molar-refractivity contribution in [2.45, 2.75) is 25.2 Å². The second-order valence-electron chi connectivity index (χ2n) is 3.74. The van der Waals surface area contributed by atoms with E-state index < -0.39 is 18.4 Å². The number of halogens is 3. The zero-order valence-corrected chi connectivity index (χ0v) is 7.38. The average Bonchev–Trinajstić information content (AvgIpc) is 2.62. The van der Waals surface area contributed by atoms with Crippen molar-refractivity contribution in [1.82, 2.24) is 4.90 Å². The smallest absolute Gasteiger partial charge is 0.440 e. The minimum absolute atomic E-state index is 0.404. The zero-order chi connectivity index (χ0) is 10.3. The molecule has 3 nitrogen and oxygen atoms in total. The van der Waals surface area contributed by atoms with Crippen LogP contribution in [0.1, 0.15) is 12.8 Å². The molecule has 2 fully saturated rings. The number of carbonyl (C=O) groups excluding carboxylic acids is 1. The quantitative estimate of drug-likeness (QED) is 0.606. The van der Waals surface area contributed by atoms with Crippen LogP contribution in [0.3, 0.4) is 0 Å². The van der Waals surface area contributed by atoms with Crippen molar-refractivity contribution in [3.8, 4) is 0 Å². The van der Waals surface area contributed by atoms with E-state index in [2.05, 4.69) is 4.74 Å². The fraction of sp³-hybridized carbons (Fsp3) is 0.875. The first-order valence-electron chi connectivity index (χ1n) is 4.48. The lowest BCUT2D eigenvalue weighted by Crippen LogP contribution is -2.38. The first-order chi connectivity index (χ1) is 6.47. The van der Waals surface area contributed by atoms with E-state index in [1.54, 1.807) is 4.90 Å². The van der Waals surface area contributed by atoms with Gasteiger partial charge >= 0.3 is 12.1 Å². The predicted molar refractivity (Wildman–Crippen MR) is 40.2 cm³/mol. The fourth-order valence-electron chi connectivity index (χ4n) is 2.06. The van der Waals surface area contributed by atoms with Gasteiger partial charge in [0.2, 0.25) is 0 Å². The number of hydrogen-bond acceptors (Lipinski definition) is 3. The number of alkyl halides is 3. The van der Waals surface area contributed by atoms with E-state index in [1.165, 1.54) is 0 Å². The highest BCUT2D eigenvalue weighted by atomic mass is 19.4. The van der Waals surface area contributed by atoms with E-state index in [9.17, 15) is 18.0 Å². The number of hydrogen-bond donors (Lipinski definition) is 0. The van der Waals surface area contributed by atoms with Gasteiger partial charge in [-0.15, -0.1) is 0 Å². The second kappa shape index (κ2) is 3.12. The van der Waals surface area contributed by atoms with E-state index in [4.69, 9.17) is 0 Å². The summed E-state index contributed by atoms with van der Waals surface area (Å²) in [5.41, 5.74) is 0. The molecule has 0 spiro atoms. The highest BCUT2D eigenvalue weighted by molar-refractivity contribution is 5.75. The van der Waals surface area contributed by atoms with Gasteiger partial charge < -0.3 is 4.74 Å². The number of ether oxygens (including phenoxy) is 1. The Morgan fingerprint density at radius 3 is 2.57 bits per heavy atom. The zero-order valence-electron chi connectivity index (χ0n) is 7.38. The molecule has 0 aromatic carbocycles. The van der Waals surface area contributed by atoms with Gasteiger partial charge in [0, 0.05) is 19.5 Å². The lowest BCUT2D eigenvalue weighted by Gasteiger charge is -2.24. The van der Waals surface area contributed by atoms with Gasteiger partial charge in [0.1, 0.15) is 0 Å². The summed E-state index contributed by atoms with van der Waals surface area (Å²) in [6.45, 7) is 1.50. The van der Waals surface area contributed by atoms with Gasteiger partial charge in [-0.05, 0) is 12.3 Å². The van der Waals surface area contributed by atoms with Crippen molar-refractivity contribution in [3.05, 3.63) is 0 Å². The van der Waals surface area contributed by atoms with Crippen LogP contribution >= 0.6 is 0 Å². The van der Waals surface area contributed by atoms with Crippen LogP contribution in [0.2, 0.25) is 0 Å². The molecule has 14 heavy (non-hydrogen) atoms. The molecule has 2 aliphatic heterocycles. The van der Waals surface area contributed by atoms with Crippen molar-refractivity contribution < 1.29 is 22.7 Å². The molecule has 0 saturated carbocycles. The lowest BCUT2D eigenvalue weighted by atomic mass is 10.1. The van der Waals surface area contributed by atoms with Gasteiger partial charge in [0.05, 0.1) is 0 Å². The third kappa shape index (κ3) is 1.70. The molecule has 0 aliphatic carbocycles. The summed E-state index contributed by atoms with van der Waals surface area (Å²) in [5.74, 6) is -1.67. The van der Waals surface area contributed by atoms with E-state index in [-0.39, 0.29) is 0 Å². The minimum atomic E-state index is -4.87. The van der Waals surface area contributed by atoms with Crippen molar-refractivity contribution in [2.24, 2.45) is 5.92 Å². The molecule has 80 valence electrons. The highest BCUT2D eigenvalue weighted by Gasteiger charge is 2.46. The molecule has 0 amide bonds. The van der Waals surface area contributed by atoms with Crippen LogP contribution in [-0.2, 0) is 9.53 Å². The van der Waals surface area contributed by atoms with Crippen LogP contribution in [0.25, 0.3) is 0 Å². The Labute approximate surface area is 78.8 Å². The molecule has 6 heteroatoms. The molecule has 2 heterocycles. The van der Waals surface area contributed by atoms with E-state index in [1.807, 2.05) is 0 Å². The SMILES string of the molecule is O=C(OC1CC2CCN1C2)C(F)(F)F. The van der Waals surface area contributed by atoms with Crippen molar-refractivity contribution in [2.75, 3.05) is 13.1 Å². The van der Waals surface area contributed by atoms with Crippen LogP contribution in [-0.4, -0.2) is 36.4 Å². The van der Waals surface area contributed by atoms with Gasteiger partial charge in [0.15, 0.2) is 6.23 Å². The highest BCUT2D eigenvalue weighted by Crippen LogP contribution is 2.34. The Morgan fingerprint density at radius 2 is 2.14 bits per heavy atom. The third-order valence-corrected chi connectivity index (χ3v) is 2.73. The summed E-state index contributed by atoms with van der Waals surface area (Å²) in [6.07, 6.45) is -3.98. The monoisotopic (exact) mass is 209 g/mol. The van der Waals surface area contributed by atoms with Gasteiger partial charge in [-0.3, -0.25) is 4.90 Å². The molecule has 2 rings (SSSR count). The Morgan fingerprint density at radius 1 is 1.43 bits per heavy atom. The number of esters is 1. The molecule has 2 bridgehead atoms. The first-order valence-corrected chi connectivity index (χ1v) is 4.48. The Kier molecular flexibility index (Phi) is 2.17. The normalized spacial score (nSPS) is 36.1. The Hall–Kier alpha value is -0.780. The minimum Gasteiger partial charge on any atom is -0.440 e. The van der Waals surface area contributed by atoms with Crippen LogP contribution in [0, 0.1) is 5.92 Å². The lowest BCUT2D eigenvalue weighted by molar-refractivity contribution is -0.211. The Bertz CT molecular complexity index is 253. The summed E-state index contributed by atoms with van der Waals surface area (Å²) in [5, 5.41) is 0. The maximum Gasteiger partial charge on any atom is 0.490 e. The maximum absolute atomic E-state index is 11.9. The van der Waals surface area contributed by atoms with E-state index >= 15 is 0 Å². The van der Waals surface area contributed by atoms with Gasteiger partial charge in [-0.1, -0.05) is 0 Å². The van der Waals surface area contributed by atoms with Crippen LogP contribution in [0.5, 0.6) is 0 Å². The fourth-order valence-corrected chi connectivity index (χ4v) is 2.06. The number of carbonyl (C=O) groups is 1.